The van der Waals surface area contributed by atoms with E-state index < -0.39 is 11.9 Å². The molecule has 0 fully saturated rings. The molecule has 1 aromatic carbocycles. The van der Waals surface area contributed by atoms with Crippen LogP contribution in [0, 0.1) is 19.7 Å². The van der Waals surface area contributed by atoms with Crippen molar-refractivity contribution in [3.05, 3.63) is 56.0 Å². The van der Waals surface area contributed by atoms with Crippen LogP contribution in [0.25, 0.3) is 0 Å². The fraction of sp³-hybridized carbons (Fsp3) is 0.231. The molecule has 1 aromatic heterocycles. The monoisotopic (exact) mass is 270 g/mol. The van der Waals surface area contributed by atoms with Gasteiger partial charge in [-0.3, -0.25) is 0 Å². The Bertz CT molecular complexity index is 550. The third-order valence-corrected chi connectivity index (χ3v) is 4.39. The van der Waals surface area contributed by atoms with Crippen LogP contribution in [0.4, 0.5) is 4.39 Å². The van der Waals surface area contributed by atoms with E-state index in [1.165, 1.54) is 17.4 Å². The highest BCUT2D eigenvalue weighted by molar-refractivity contribution is 7.10. The van der Waals surface area contributed by atoms with Crippen LogP contribution < -0.4 is 0 Å². The second-order valence-electron chi connectivity index (χ2n) is 4.02. The molecular weight excluding hydrogens is 259 g/mol. The number of aliphatic hydroxyl groups excluding tert-OH is 1. The zero-order valence-corrected chi connectivity index (χ0v) is 11.1. The minimum Gasteiger partial charge on any atom is -0.383 e. The summed E-state index contributed by atoms with van der Waals surface area (Å²) < 4.78 is 13.6. The fourth-order valence-corrected chi connectivity index (χ4v) is 2.95. The van der Waals surface area contributed by atoms with Gasteiger partial charge in [0, 0.05) is 5.56 Å². The van der Waals surface area contributed by atoms with Gasteiger partial charge in [-0.1, -0.05) is 29.3 Å². The highest BCUT2D eigenvalue weighted by atomic mass is 35.5. The smallest absolute Gasteiger partial charge is 0.129 e. The van der Waals surface area contributed by atoms with Crippen molar-refractivity contribution in [3.63, 3.8) is 0 Å². The molecule has 4 heteroatoms. The summed E-state index contributed by atoms with van der Waals surface area (Å²) in [5, 5.41) is 12.6. The average molecular weight is 271 g/mol. The van der Waals surface area contributed by atoms with Gasteiger partial charge in [0.05, 0.1) is 9.90 Å². The lowest BCUT2D eigenvalue weighted by molar-refractivity contribution is 0.218. The molecule has 0 saturated carbocycles. The van der Waals surface area contributed by atoms with Crippen LogP contribution in [0.1, 0.15) is 27.7 Å². The second-order valence-corrected chi connectivity index (χ2v) is 5.31. The van der Waals surface area contributed by atoms with Gasteiger partial charge in [-0.25, -0.2) is 4.39 Å². The molecule has 1 N–H and O–H groups in total. The number of aryl methyl sites for hydroxylation is 2. The predicted molar refractivity (Wildman–Crippen MR) is 69.3 cm³/mol. The third kappa shape index (κ3) is 2.37. The van der Waals surface area contributed by atoms with E-state index in [2.05, 4.69) is 0 Å². The van der Waals surface area contributed by atoms with Crippen LogP contribution in [0.15, 0.2) is 23.6 Å². The Morgan fingerprint density at radius 2 is 2.06 bits per heavy atom. The van der Waals surface area contributed by atoms with E-state index in [-0.39, 0.29) is 5.56 Å². The normalized spacial score (nSPS) is 12.8. The summed E-state index contributed by atoms with van der Waals surface area (Å²) in [6, 6.07) is 4.68. The first-order valence-electron chi connectivity index (χ1n) is 5.18. The van der Waals surface area contributed by atoms with Crippen LogP contribution >= 0.6 is 22.9 Å². The lowest BCUT2D eigenvalue weighted by Gasteiger charge is -2.12. The zero-order chi connectivity index (χ0) is 12.6. The van der Waals surface area contributed by atoms with Crippen molar-refractivity contribution >= 4 is 22.9 Å². The van der Waals surface area contributed by atoms with Gasteiger partial charge in [0.1, 0.15) is 11.9 Å². The van der Waals surface area contributed by atoms with Crippen molar-refractivity contribution in [2.24, 2.45) is 0 Å². The summed E-state index contributed by atoms with van der Waals surface area (Å²) in [7, 11) is 0. The van der Waals surface area contributed by atoms with E-state index in [1.54, 1.807) is 12.1 Å². The van der Waals surface area contributed by atoms with Crippen molar-refractivity contribution in [2.75, 3.05) is 0 Å². The quantitative estimate of drug-likeness (QED) is 0.865. The molecule has 90 valence electrons. The number of rotatable bonds is 2. The molecular formula is C13H12ClFOS. The fourth-order valence-electron chi connectivity index (χ4n) is 1.65. The number of benzene rings is 1. The molecule has 0 bridgehead atoms. The molecule has 0 saturated heterocycles. The highest BCUT2D eigenvalue weighted by Gasteiger charge is 2.20. The first-order chi connectivity index (χ1) is 8.00. The maximum Gasteiger partial charge on any atom is 0.129 e. The molecule has 1 atom stereocenters. The minimum absolute atomic E-state index is 0.272. The van der Waals surface area contributed by atoms with Crippen LogP contribution in [0.5, 0.6) is 0 Å². The molecule has 0 aliphatic carbocycles. The van der Waals surface area contributed by atoms with Gasteiger partial charge in [0.25, 0.3) is 0 Å². The van der Waals surface area contributed by atoms with Crippen LogP contribution in [0.3, 0.4) is 0 Å². The molecule has 2 rings (SSSR count). The predicted octanol–water partition coefficient (Wildman–Crippen LogP) is 4.24. The van der Waals surface area contributed by atoms with Crippen molar-refractivity contribution < 1.29 is 9.50 Å². The van der Waals surface area contributed by atoms with Crippen LogP contribution in [-0.2, 0) is 0 Å². The minimum atomic E-state index is -0.999. The molecule has 1 heterocycles. The molecule has 0 aliphatic heterocycles. The van der Waals surface area contributed by atoms with Gasteiger partial charge in [-0.05, 0) is 30.9 Å². The summed E-state index contributed by atoms with van der Waals surface area (Å²) >= 11 is 7.42. The van der Waals surface area contributed by atoms with E-state index in [0.717, 1.165) is 11.1 Å². The van der Waals surface area contributed by atoms with Crippen LogP contribution in [0.2, 0.25) is 5.02 Å². The third-order valence-electron chi connectivity index (χ3n) is 2.62. The van der Waals surface area contributed by atoms with Gasteiger partial charge in [0.15, 0.2) is 0 Å². The van der Waals surface area contributed by atoms with E-state index in [1.807, 2.05) is 19.2 Å². The van der Waals surface area contributed by atoms with Crippen molar-refractivity contribution in [1.82, 2.24) is 0 Å². The lowest BCUT2D eigenvalue weighted by atomic mass is 10.0. The number of hydrogen-bond acceptors (Lipinski definition) is 2. The molecule has 17 heavy (non-hydrogen) atoms. The maximum atomic E-state index is 13.6. The number of halogens is 2. The molecule has 1 unspecified atom stereocenters. The van der Waals surface area contributed by atoms with Crippen molar-refractivity contribution in [2.45, 2.75) is 20.0 Å². The Morgan fingerprint density at radius 3 is 2.65 bits per heavy atom. The molecule has 0 spiro atoms. The Labute approximate surface area is 108 Å². The number of thiophene rings is 1. The Balaban J connectivity index is 2.47. The Morgan fingerprint density at radius 1 is 1.35 bits per heavy atom. The summed E-state index contributed by atoms with van der Waals surface area (Å²) in [4.78, 5) is 0.591. The molecule has 0 amide bonds. The van der Waals surface area contributed by atoms with Gasteiger partial charge in [-0.2, -0.15) is 0 Å². The van der Waals surface area contributed by atoms with E-state index in [0.29, 0.717) is 9.90 Å². The van der Waals surface area contributed by atoms with Crippen molar-refractivity contribution in [1.29, 1.82) is 0 Å². The summed E-state index contributed by atoms with van der Waals surface area (Å²) in [6.45, 7) is 3.72. The van der Waals surface area contributed by atoms with Gasteiger partial charge in [-0.15, -0.1) is 11.3 Å². The SMILES string of the molecule is Cc1ccc(F)c(C(O)c2scc(C)c2Cl)c1. The molecule has 2 aromatic rings. The average Bonchev–Trinajstić information content (AvgIpc) is 2.62. The summed E-state index contributed by atoms with van der Waals surface area (Å²) in [5.41, 5.74) is 2.08. The largest absolute Gasteiger partial charge is 0.383 e. The number of hydrogen-bond donors (Lipinski definition) is 1. The Hall–Kier alpha value is -0.900. The maximum absolute atomic E-state index is 13.6. The molecule has 0 radical (unpaired) electrons. The number of aliphatic hydroxyl groups is 1. The van der Waals surface area contributed by atoms with E-state index in [9.17, 15) is 9.50 Å². The highest BCUT2D eigenvalue weighted by Crippen LogP contribution is 2.36. The first kappa shape index (κ1) is 12.6. The van der Waals surface area contributed by atoms with Crippen LogP contribution in [-0.4, -0.2) is 5.11 Å². The van der Waals surface area contributed by atoms with Gasteiger partial charge >= 0.3 is 0 Å². The van der Waals surface area contributed by atoms with Gasteiger partial charge < -0.3 is 5.11 Å². The van der Waals surface area contributed by atoms with E-state index >= 15 is 0 Å². The van der Waals surface area contributed by atoms with Crippen molar-refractivity contribution in [3.8, 4) is 0 Å². The standard InChI is InChI=1S/C13H12ClFOS/c1-7-3-4-10(15)9(5-7)12(16)13-11(14)8(2)6-17-13/h3-6,12,16H,1-2H3. The summed E-state index contributed by atoms with van der Waals surface area (Å²) in [6.07, 6.45) is -0.999. The second kappa shape index (κ2) is 4.77. The lowest BCUT2D eigenvalue weighted by Crippen LogP contribution is -2.01. The molecule has 0 aliphatic rings. The Kier molecular flexibility index (Phi) is 3.52. The van der Waals surface area contributed by atoms with Gasteiger partial charge in [0.2, 0.25) is 0 Å². The zero-order valence-electron chi connectivity index (χ0n) is 9.50. The topological polar surface area (TPSA) is 20.2 Å². The first-order valence-corrected chi connectivity index (χ1v) is 6.44. The van der Waals surface area contributed by atoms with E-state index in [4.69, 9.17) is 11.6 Å². The summed E-state index contributed by atoms with van der Waals surface area (Å²) in [5.74, 6) is -0.412. The molecule has 1 nitrogen and oxygen atoms in total.